The summed E-state index contributed by atoms with van der Waals surface area (Å²) >= 11 is 0. The van der Waals surface area contributed by atoms with Crippen LogP contribution >= 0.6 is 0 Å². The van der Waals surface area contributed by atoms with Gasteiger partial charge in [0.1, 0.15) is 12.0 Å². The first-order valence-electron chi connectivity index (χ1n) is 9.08. The van der Waals surface area contributed by atoms with Crippen LogP contribution < -0.4 is 0 Å². The van der Waals surface area contributed by atoms with Crippen molar-refractivity contribution in [2.75, 3.05) is 6.54 Å². The summed E-state index contributed by atoms with van der Waals surface area (Å²) in [6, 6.07) is 12.5. The summed E-state index contributed by atoms with van der Waals surface area (Å²) < 4.78 is 0. The summed E-state index contributed by atoms with van der Waals surface area (Å²) in [6.07, 6.45) is 3.42. The number of aromatic hydroxyl groups is 1. The normalized spacial score (nSPS) is 14.7. The third-order valence-electron chi connectivity index (χ3n) is 4.74. The second kappa shape index (κ2) is 8.13. The quantitative estimate of drug-likeness (QED) is 0.585. The number of amides is 1. The minimum Gasteiger partial charge on any atom is -0.508 e. The number of aldehydes is 1. The van der Waals surface area contributed by atoms with Gasteiger partial charge in [-0.1, -0.05) is 18.2 Å². The monoisotopic (exact) mass is 352 g/mol. The van der Waals surface area contributed by atoms with Gasteiger partial charge in [0.05, 0.1) is 18.2 Å². The van der Waals surface area contributed by atoms with Crippen LogP contribution in [0.3, 0.4) is 0 Å². The highest BCUT2D eigenvalue weighted by atomic mass is 16.3. The van der Waals surface area contributed by atoms with Crippen molar-refractivity contribution in [1.29, 1.82) is 0 Å². The molecule has 1 amide bonds. The highest BCUT2D eigenvalue weighted by molar-refractivity contribution is 5.92. The number of carbonyl (C=O) groups excluding carboxylic acids is 2. The maximum atomic E-state index is 12.8. The predicted octanol–water partition coefficient (Wildman–Crippen LogP) is 3.07. The van der Waals surface area contributed by atoms with E-state index in [1.165, 1.54) is 12.8 Å². The number of pyridine rings is 1. The number of carbonyl (C=O) groups is 2. The first-order chi connectivity index (χ1) is 12.6. The summed E-state index contributed by atoms with van der Waals surface area (Å²) in [5, 5.41) is 9.36. The number of hydrogen-bond acceptors (Lipinski definition) is 4. The van der Waals surface area contributed by atoms with Crippen LogP contribution in [0.1, 0.15) is 42.6 Å². The Kier molecular flexibility index (Phi) is 5.66. The molecule has 1 heterocycles. The van der Waals surface area contributed by atoms with Gasteiger partial charge in [-0.25, -0.2) is 0 Å². The van der Waals surface area contributed by atoms with Crippen molar-refractivity contribution < 1.29 is 14.7 Å². The fourth-order valence-corrected chi connectivity index (χ4v) is 3.05. The summed E-state index contributed by atoms with van der Waals surface area (Å²) in [6.45, 7) is 2.84. The van der Waals surface area contributed by atoms with Crippen LogP contribution in [0.25, 0.3) is 0 Å². The van der Waals surface area contributed by atoms with Gasteiger partial charge in [-0.2, -0.15) is 0 Å². The topological polar surface area (TPSA) is 70.5 Å². The molecule has 1 fully saturated rings. The maximum absolute atomic E-state index is 12.8. The third kappa shape index (κ3) is 4.48. The molecule has 0 saturated heterocycles. The molecule has 1 atom stereocenters. The maximum Gasteiger partial charge on any atom is 0.233 e. The standard InChI is InChI=1S/C21H24N2O3/c1-2-23(13-18-4-3-5-20(22-18)16-8-9-16)21(26)17(14-24)12-15-6-10-19(25)11-7-15/h3-7,10-11,14,16-17,25H,2,8-9,12-13H2,1H3. The molecule has 1 aliphatic carbocycles. The van der Waals surface area contributed by atoms with E-state index >= 15 is 0 Å². The second-order valence-electron chi connectivity index (χ2n) is 6.79. The summed E-state index contributed by atoms with van der Waals surface area (Å²) in [7, 11) is 0. The molecule has 1 aromatic carbocycles. The van der Waals surface area contributed by atoms with E-state index in [-0.39, 0.29) is 11.7 Å². The lowest BCUT2D eigenvalue weighted by atomic mass is 9.99. The van der Waals surface area contributed by atoms with Crippen molar-refractivity contribution in [1.82, 2.24) is 9.88 Å². The van der Waals surface area contributed by atoms with Crippen LogP contribution in [0.5, 0.6) is 5.75 Å². The van der Waals surface area contributed by atoms with Gasteiger partial charge in [0.25, 0.3) is 0 Å². The Hall–Kier alpha value is -2.69. The zero-order valence-corrected chi connectivity index (χ0v) is 15.0. The van der Waals surface area contributed by atoms with E-state index in [1.807, 2.05) is 25.1 Å². The Morgan fingerprint density at radius 2 is 2.00 bits per heavy atom. The lowest BCUT2D eigenvalue weighted by molar-refractivity contribution is -0.138. The molecule has 5 heteroatoms. The van der Waals surface area contributed by atoms with Gasteiger partial charge in [-0.3, -0.25) is 9.78 Å². The Bertz CT molecular complexity index is 769. The zero-order valence-electron chi connectivity index (χ0n) is 15.0. The first-order valence-corrected chi connectivity index (χ1v) is 9.08. The van der Waals surface area contributed by atoms with E-state index in [4.69, 9.17) is 0 Å². The van der Waals surface area contributed by atoms with E-state index in [0.29, 0.717) is 31.7 Å². The van der Waals surface area contributed by atoms with Gasteiger partial charge in [-0.15, -0.1) is 0 Å². The van der Waals surface area contributed by atoms with E-state index in [0.717, 1.165) is 17.0 Å². The number of nitrogens with zero attached hydrogens (tertiary/aromatic N) is 2. The number of phenolic OH excluding ortho intramolecular Hbond substituents is 1. The molecule has 1 aliphatic rings. The molecule has 1 N–H and O–H groups in total. The van der Waals surface area contributed by atoms with Crippen molar-refractivity contribution in [3.8, 4) is 5.75 Å². The molecule has 0 radical (unpaired) electrons. The molecule has 2 aromatic rings. The Labute approximate surface area is 153 Å². The SMILES string of the molecule is CCN(Cc1cccc(C2CC2)n1)C(=O)C(C=O)Cc1ccc(O)cc1. The lowest BCUT2D eigenvalue weighted by Crippen LogP contribution is -2.37. The van der Waals surface area contributed by atoms with Crippen molar-refractivity contribution >= 4 is 12.2 Å². The average Bonchev–Trinajstić information content (AvgIpc) is 3.50. The molecule has 5 nitrogen and oxygen atoms in total. The zero-order chi connectivity index (χ0) is 18.5. The molecule has 1 saturated carbocycles. The molecule has 136 valence electrons. The molecule has 1 aromatic heterocycles. The minimum absolute atomic E-state index is 0.166. The largest absolute Gasteiger partial charge is 0.508 e. The van der Waals surface area contributed by atoms with Crippen molar-refractivity contribution in [2.24, 2.45) is 5.92 Å². The number of aromatic nitrogens is 1. The van der Waals surface area contributed by atoms with E-state index < -0.39 is 5.92 Å². The molecule has 0 bridgehead atoms. The summed E-state index contributed by atoms with van der Waals surface area (Å²) in [4.78, 5) is 30.7. The van der Waals surface area contributed by atoms with Gasteiger partial charge >= 0.3 is 0 Å². The van der Waals surface area contributed by atoms with Gasteiger partial charge in [0.15, 0.2) is 0 Å². The Balaban J connectivity index is 1.68. The van der Waals surface area contributed by atoms with Crippen LogP contribution in [0.4, 0.5) is 0 Å². The highest BCUT2D eigenvalue weighted by Crippen LogP contribution is 2.38. The summed E-state index contributed by atoms with van der Waals surface area (Å²) in [5.41, 5.74) is 2.80. The second-order valence-corrected chi connectivity index (χ2v) is 6.79. The highest BCUT2D eigenvalue weighted by Gasteiger charge is 2.26. The van der Waals surface area contributed by atoms with Gasteiger partial charge in [0.2, 0.25) is 5.91 Å². The van der Waals surface area contributed by atoms with E-state index in [2.05, 4.69) is 4.98 Å². The molecular formula is C21H24N2O3. The van der Waals surface area contributed by atoms with E-state index in [1.54, 1.807) is 29.2 Å². The number of benzene rings is 1. The van der Waals surface area contributed by atoms with Gasteiger partial charge in [0, 0.05) is 18.2 Å². The lowest BCUT2D eigenvalue weighted by Gasteiger charge is -2.24. The minimum atomic E-state index is -0.730. The van der Waals surface area contributed by atoms with Crippen LogP contribution in [-0.4, -0.2) is 33.7 Å². The molecule has 26 heavy (non-hydrogen) atoms. The Morgan fingerprint density at radius 3 is 2.62 bits per heavy atom. The predicted molar refractivity (Wildman–Crippen MR) is 98.7 cm³/mol. The fraction of sp³-hybridized carbons (Fsp3) is 0.381. The Morgan fingerprint density at radius 1 is 1.27 bits per heavy atom. The number of rotatable bonds is 8. The number of phenols is 1. The fourth-order valence-electron chi connectivity index (χ4n) is 3.05. The van der Waals surface area contributed by atoms with Gasteiger partial charge < -0.3 is 14.8 Å². The first kappa shape index (κ1) is 18.1. The van der Waals surface area contributed by atoms with Crippen LogP contribution in [0.15, 0.2) is 42.5 Å². The summed E-state index contributed by atoms with van der Waals surface area (Å²) in [5.74, 6) is -0.183. The molecule has 1 unspecified atom stereocenters. The van der Waals surface area contributed by atoms with E-state index in [9.17, 15) is 14.7 Å². The smallest absolute Gasteiger partial charge is 0.233 e. The van der Waals surface area contributed by atoms with Crippen LogP contribution in [0, 0.1) is 5.92 Å². The van der Waals surface area contributed by atoms with Crippen molar-refractivity contribution in [3.63, 3.8) is 0 Å². The van der Waals surface area contributed by atoms with Crippen LogP contribution in [0.2, 0.25) is 0 Å². The van der Waals surface area contributed by atoms with Gasteiger partial charge in [-0.05, 0) is 56.0 Å². The molecule has 0 aliphatic heterocycles. The molecule has 0 spiro atoms. The van der Waals surface area contributed by atoms with Crippen molar-refractivity contribution in [3.05, 3.63) is 59.4 Å². The molecule has 3 rings (SSSR count). The van der Waals surface area contributed by atoms with Crippen LogP contribution in [-0.2, 0) is 22.6 Å². The number of hydrogen-bond donors (Lipinski definition) is 1. The average molecular weight is 352 g/mol. The third-order valence-corrected chi connectivity index (χ3v) is 4.74. The molecular weight excluding hydrogens is 328 g/mol. The van der Waals surface area contributed by atoms with Crippen molar-refractivity contribution in [2.45, 2.75) is 38.6 Å².